The van der Waals surface area contributed by atoms with E-state index in [4.69, 9.17) is 0 Å². The van der Waals surface area contributed by atoms with Gasteiger partial charge in [-0.2, -0.15) is 0 Å². The number of hydrogen-bond acceptors (Lipinski definition) is 3. The van der Waals surface area contributed by atoms with E-state index >= 15 is 0 Å². The highest BCUT2D eigenvalue weighted by Crippen LogP contribution is 2.23. The predicted molar refractivity (Wildman–Crippen MR) is 89.0 cm³/mol. The number of anilines is 2. The molecular weight excluding hydrogens is 294 g/mol. The number of carbonyl (C=O) groups is 3. The van der Waals surface area contributed by atoms with Crippen LogP contribution in [0.15, 0.2) is 24.3 Å². The van der Waals surface area contributed by atoms with Gasteiger partial charge in [0, 0.05) is 31.3 Å². The number of nitrogens with zero attached hydrogens (tertiary/aromatic N) is 1. The van der Waals surface area contributed by atoms with Crippen molar-refractivity contribution in [3.05, 3.63) is 24.3 Å². The average Bonchev–Trinajstić information content (AvgIpc) is 2.98. The molecule has 1 saturated carbocycles. The molecule has 1 aromatic carbocycles. The topological polar surface area (TPSA) is 78.5 Å². The smallest absolute Gasteiger partial charge is 0.244 e. The van der Waals surface area contributed by atoms with Gasteiger partial charge in [-0.15, -0.1) is 0 Å². The van der Waals surface area contributed by atoms with Gasteiger partial charge in [0.2, 0.25) is 17.7 Å². The van der Waals surface area contributed by atoms with E-state index in [-0.39, 0.29) is 30.3 Å². The van der Waals surface area contributed by atoms with E-state index in [1.54, 1.807) is 29.2 Å². The highest BCUT2D eigenvalue weighted by molar-refractivity contribution is 5.95. The molecule has 2 rings (SSSR count). The maximum Gasteiger partial charge on any atom is 0.244 e. The Hall–Kier alpha value is -2.37. The van der Waals surface area contributed by atoms with Crippen LogP contribution in [0, 0.1) is 0 Å². The van der Waals surface area contributed by atoms with Crippen molar-refractivity contribution in [2.75, 3.05) is 17.2 Å². The highest BCUT2D eigenvalue weighted by atomic mass is 16.2. The Kier molecular flexibility index (Phi) is 5.73. The van der Waals surface area contributed by atoms with Crippen LogP contribution in [-0.2, 0) is 14.4 Å². The fourth-order valence-corrected chi connectivity index (χ4v) is 2.95. The van der Waals surface area contributed by atoms with E-state index in [9.17, 15) is 14.4 Å². The lowest BCUT2D eigenvalue weighted by Crippen LogP contribution is -2.42. The first-order valence-corrected chi connectivity index (χ1v) is 7.90. The number of benzene rings is 1. The maximum atomic E-state index is 12.2. The minimum absolute atomic E-state index is 0.0599. The van der Waals surface area contributed by atoms with Crippen LogP contribution in [0.2, 0.25) is 0 Å². The minimum Gasteiger partial charge on any atom is -0.331 e. The molecule has 0 aliphatic heterocycles. The largest absolute Gasteiger partial charge is 0.331 e. The molecule has 0 radical (unpaired) electrons. The quantitative estimate of drug-likeness (QED) is 0.875. The van der Waals surface area contributed by atoms with Crippen LogP contribution in [0.4, 0.5) is 11.4 Å². The lowest BCUT2D eigenvalue weighted by Gasteiger charge is -2.27. The molecule has 0 unspecified atom stereocenters. The summed E-state index contributed by atoms with van der Waals surface area (Å²) in [5.41, 5.74) is 1.21. The van der Waals surface area contributed by atoms with Crippen molar-refractivity contribution in [1.82, 2.24) is 4.90 Å². The van der Waals surface area contributed by atoms with Crippen molar-refractivity contribution < 1.29 is 14.4 Å². The summed E-state index contributed by atoms with van der Waals surface area (Å²) in [6.07, 6.45) is 4.14. The van der Waals surface area contributed by atoms with Gasteiger partial charge in [-0.1, -0.05) is 18.9 Å². The predicted octanol–water partition coefficient (Wildman–Crippen LogP) is 2.37. The van der Waals surface area contributed by atoms with Crippen LogP contribution in [0.3, 0.4) is 0 Å². The molecule has 124 valence electrons. The molecule has 0 bridgehead atoms. The second kappa shape index (κ2) is 7.76. The Labute approximate surface area is 136 Å². The van der Waals surface area contributed by atoms with E-state index in [1.807, 2.05) is 0 Å². The minimum atomic E-state index is -0.230. The van der Waals surface area contributed by atoms with Gasteiger partial charge >= 0.3 is 0 Å². The first-order valence-electron chi connectivity index (χ1n) is 7.90. The third-order valence-electron chi connectivity index (χ3n) is 3.95. The van der Waals surface area contributed by atoms with Crippen LogP contribution < -0.4 is 10.6 Å². The van der Waals surface area contributed by atoms with E-state index in [0.717, 1.165) is 25.7 Å². The van der Waals surface area contributed by atoms with Gasteiger partial charge in [-0.3, -0.25) is 14.4 Å². The molecule has 1 aliphatic rings. The van der Waals surface area contributed by atoms with Gasteiger partial charge in [0.15, 0.2) is 0 Å². The lowest BCUT2D eigenvalue weighted by atomic mass is 10.2. The lowest BCUT2D eigenvalue weighted by molar-refractivity contribution is -0.135. The molecule has 6 heteroatoms. The first kappa shape index (κ1) is 17.0. The SMILES string of the molecule is CC(=O)Nc1cccc(NC(=O)CN(C(C)=O)C2CCCC2)c1. The zero-order valence-electron chi connectivity index (χ0n) is 13.6. The summed E-state index contributed by atoms with van der Waals surface area (Å²) in [6.45, 7) is 2.99. The summed E-state index contributed by atoms with van der Waals surface area (Å²) in [7, 11) is 0. The number of amides is 3. The second-order valence-electron chi connectivity index (χ2n) is 5.90. The zero-order valence-corrected chi connectivity index (χ0v) is 13.6. The van der Waals surface area contributed by atoms with Gasteiger partial charge < -0.3 is 15.5 Å². The summed E-state index contributed by atoms with van der Waals surface area (Å²) in [5.74, 6) is -0.469. The molecule has 1 aromatic rings. The monoisotopic (exact) mass is 317 g/mol. The number of hydrogen-bond donors (Lipinski definition) is 2. The Balaban J connectivity index is 1.97. The normalized spacial score (nSPS) is 14.3. The summed E-state index contributed by atoms with van der Waals surface area (Å²) in [4.78, 5) is 36.7. The molecule has 2 N–H and O–H groups in total. The molecule has 0 spiro atoms. The molecule has 1 aliphatic carbocycles. The summed E-state index contributed by atoms with van der Waals surface area (Å²) < 4.78 is 0. The maximum absolute atomic E-state index is 12.2. The number of nitrogens with one attached hydrogen (secondary N) is 2. The van der Waals surface area contributed by atoms with Gasteiger partial charge in [0.05, 0.1) is 0 Å². The van der Waals surface area contributed by atoms with Crippen LogP contribution in [0.1, 0.15) is 39.5 Å². The fraction of sp³-hybridized carbons (Fsp3) is 0.471. The molecular formula is C17H23N3O3. The van der Waals surface area contributed by atoms with E-state index in [1.165, 1.54) is 13.8 Å². The fourth-order valence-electron chi connectivity index (χ4n) is 2.95. The van der Waals surface area contributed by atoms with Crippen LogP contribution in [0.5, 0.6) is 0 Å². The standard InChI is InChI=1S/C17H23N3O3/c1-12(21)18-14-6-5-7-15(10-14)19-17(23)11-20(13(2)22)16-8-3-4-9-16/h5-7,10,16H,3-4,8-9,11H2,1-2H3,(H,18,21)(H,19,23). The molecule has 23 heavy (non-hydrogen) atoms. The average molecular weight is 317 g/mol. The Morgan fingerprint density at radius 1 is 1.09 bits per heavy atom. The molecule has 0 atom stereocenters. The Bertz CT molecular complexity index is 595. The second-order valence-corrected chi connectivity index (χ2v) is 5.90. The van der Waals surface area contributed by atoms with Crippen molar-refractivity contribution in [3.63, 3.8) is 0 Å². The highest BCUT2D eigenvalue weighted by Gasteiger charge is 2.26. The van der Waals surface area contributed by atoms with E-state index in [2.05, 4.69) is 10.6 Å². The third-order valence-corrected chi connectivity index (χ3v) is 3.95. The third kappa shape index (κ3) is 5.09. The summed E-state index contributed by atoms with van der Waals surface area (Å²) in [6, 6.07) is 7.10. The van der Waals surface area contributed by atoms with Crippen LogP contribution in [-0.4, -0.2) is 35.2 Å². The number of rotatable bonds is 5. The van der Waals surface area contributed by atoms with E-state index < -0.39 is 0 Å². The number of carbonyl (C=O) groups excluding carboxylic acids is 3. The zero-order chi connectivity index (χ0) is 16.8. The van der Waals surface area contributed by atoms with Gasteiger partial charge in [-0.05, 0) is 31.0 Å². The molecule has 0 heterocycles. The van der Waals surface area contributed by atoms with Gasteiger partial charge in [0.1, 0.15) is 6.54 Å². The molecule has 6 nitrogen and oxygen atoms in total. The molecule has 0 saturated heterocycles. The van der Waals surface area contributed by atoms with Crippen molar-refractivity contribution in [3.8, 4) is 0 Å². The van der Waals surface area contributed by atoms with Crippen molar-refractivity contribution in [1.29, 1.82) is 0 Å². The van der Waals surface area contributed by atoms with Crippen LogP contribution in [0.25, 0.3) is 0 Å². The van der Waals surface area contributed by atoms with Crippen molar-refractivity contribution in [2.24, 2.45) is 0 Å². The molecule has 3 amide bonds. The van der Waals surface area contributed by atoms with Crippen molar-refractivity contribution >= 4 is 29.1 Å². The molecule has 1 fully saturated rings. The van der Waals surface area contributed by atoms with Gasteiger partial charge in [-0.25, -0.2) is 0 Å². The van der Waals surface area contributed by atoms with E-state index in [0.29, 0.717) is 11.4 Å². The van der Waals surface area contributed by atoms with Crippen molar-refractivity contribution in [2.45, 2.75) is 45.6 Å². The Morgan fingerprint density at radius 2 is 1.70 bits per heavy atom. The van der Waals surface area contributed by atoms with Gasteiger partial charge in [0.25, 0.3) is 0 Å². The first-order chi connectivity index (χ1) is 11.0. The summed E-state index contributed by atoms with van der Waals surface area (Å²) >= 11 is 0. The van der Waals surface area contributed by atoms with Crippen LogP contribution >= 0.6 is 0 Å². The molecule has 0 aromatic heterocycles. The Morgan fingerprint density at radius 3 is 2.26 bits per heavy atom. The summed E-state index contributed by atoms with van der Waals surface area (Å²) in [5, 5.41) is 5.45.